The van der Waals surface area contributed by atoms with Crippen molar-refractivity contribution in [3.63, 3.8) is 0 Å². The van der Waals surface area contributed by atoms with Crippen molar-refractivity contribution in [3.05, 3.63) is 30.1 Å². The predicted octanol–water partition coefficient (Wildman–Crippen LogP) is 2.86. The first kappa shape index (κ1) is 13.7. The average Bonchev–Trinajstić information content (AvgIpc) is 2.64. The molecule has 1 spiro atoms. The number of hydrogen-bond donors (Lipinski definition) is 1. The topological polar surface area (TPSA) is 41.6 Å². The van der Waals surface area contributed by atoms with E-state index in [9.17, 15) is 4.39 Å². The molecule has 108 valence electrons. The van der Waals surface area contributed by atoms with Crippen molar-refractivity contribution in [1.82, 2.24) is 0 Å². The second kappa shape index (κ2) is 4.65. The van der Waals surface area contributed by atoms with E-state index in [4.69, 9.17) is 5.73 Å². The summed E-state index contributed by atoms with van der Waals surface area (Å²) in [5.41, 5.74) is 7.04. The zero-order valence-electron chi connectivity index (χ0n) is 11.9. The zero-order chi connectivity index (χ0) is 14.4. The van der Waals surface area contributed by atoms with Gasteiger partial charge in [-0.05, 0) is 35.8 Å². The molecule has 0 aromatic heterocycles. The number of rotatable bonds is 1. The summed E-state index contributed by atoms with van der Waals surface area (Å²) in [6.07, 6.45) is 1.02. The molecule has 5 heteroatoms. The highest BCUT2D eigenvalue weighted by Gasteiger charge is 2.49. The van der Waals surface area contributed by atoms with Gasteiger partial charge in [0.25, 0.3) is 0 Å². The number of thioether (sulfide) groups is 1. The Morgan fingerprint density at radius 1 is 1.35 bits per heavy atom. The molecule has 2 aliphatic rings. The predicted molar refractivity (Wildman–Crippen MR) is 83.8 cm³/mol. The summed E-state index contributed by atoms with van der Waals surface area (Å²) < 4.78 is 13.5. The van der Waals surface area contributed by atoms with Gasteiger partial charge in [0.1, 0.15) is 5.82 Å². The van der Waals surface area contributed by atoms with Gasteiger partial charge in [-0.2, -0.15) is 11.8 Å². The fourth-order valence-corrected chi connectivity index (χ4v) is 4.85. The van der Waals surface area contributed by atoms with Crippen LogP contribution in [0.4, 0.5) is 10.1 Å². The van der Waals surface area contributed by atoms with E-state index in [0.717, 1.165) is 23.6 Å². The molecular formula is C15H20FN3S. The number of anilines is 1. The molecule has 1 aromatic carbocycles. The maximum Gasteiger partial charge on any atom is 0.196 e. The second-order valence-corrected chi connectivity index (χ2v) is 7.53. The summed E-state index contributed by atoms with van der Waals surface area (Å²) in [5, 5.41) is 0. The summed E-state index contributed by atoms with van der Waals surface area (Å²) >= 11 is 1.94. The van der Waals surface area contributed by atoms with E-state index in [1.807, 2.05) is 22.7 Å². The lowest BCUT2D eigenvalue weighted by Gasteiger charge is -2.47. The number of hydrogen-bond acceptors (Lipinski definition) is 4. The third kappa shape index (κ3) is 2.28. The fraction of sp³-hybridized carbons (Fsp3) is 0.533. The Morgan fingerprint density at radius 3 is 2.85 bits per heavy atom. The minimum atomic E-state index is -0.236. The van der Waals surface area contributed by atoms with Crippen LogP contribution in [0.5, 0.6) is 0 Å². The molecule has 20 heavy (non-hydrogen) atoms. The van der Waals surface area contributed by atoms with E-state index >= 15 is 0 Å². The van der Waals surface area contributed by atoms with Crippen molar-refractivity contribution in [2.75, 3.05) is 23.0 Å². The number of guanidine groups is 1. The number of halogens is 1. The molecule has 0 amide bonds. The van der Waals surface area contributed by atoms with Crippen LogP contribution in [0.15, 0.2) is 29.3 Å². The third-order valence-electron chi connectivity index (χ3n) is 3.98. The number of nitrogens with zero attached hydrogens (tertiary/aromatic N) is 2. The van der Waals surface area contributed by atoms with E-state index in [0.29, 0.717) is 12.5 Å². The van der Waals surface area contributed by atoms with Crippen LogP contribution in [0, 0.1) is 11.2 Å². The van der Waals surface area contributed by atoms with E-state index < -0.39 is 0 Å². The third-order valence-corrected chi connectivity index (χ3v) is 5.70. The van der Waals surface area contributed by atoms with Gasteiger partial charge in [-0.15, -0.1) is 0 Å². The Bertz CT molecular complexity index is 558. The summed E-state index contributed by atoms with van der Waals surface area (Å²) in [6.45, 7) is 5.25. The van der Waals surface area contributed by atoms with Gasteiger partial charge >= 0.3 is 0 Å². The normalized spacial score (nSPS) is 28.8. The molecule has 0 aliphatic carbocycles. The van der Waals surface area contributed by atoms with Gasteiger partial charge in [0.05, 0.1) is 12.1 Å². The lowest BCUT2D eigenvalue weighted by atomic mass is 9.79. The quantitative estimate of drug-likeness (QED) is 0.865. The molecule has 0 bridgehead atoms. The Hall–Kier alpha value is -1.23. The molecule has 1 unspecified atom stereocenters. The van der Waals surface area contributed by atoms with Gasteiger partial charge in [-0.25, -0.2) is 4.39 Å². The van der Waals surface area contributed by atoms with Gasteiger partial charge in [0.15, 0.2) is 5.96 Å². The van der Waals surface area contributed by atoms with E-state index in [1.165, 1.54) is 6.07 Å². The minimum absolute atomic E-state index is 0.107. The summed E-state index contributed by atoms with van der Waals surface area (Å²) in [5.74, 6) is 2.40. The van der Waals surface area contributed by atoms with E-state index in [1.54, 1.807) is 12.1 Å². The summed E-state index contributed by atoms with van der Waals surface area (Å²) in [4.78, 5) is 6.50. The molecule has 1 fully saturated rings. The first-order valence-electron chi connectivity index (χ1n) is 6.85. The van der Waals surface area contributed by atoms with E-state index in [-0.39, 0.29) is 16.8 Å². The Labute approximate surface area is 123 Å². The molecule has 2 aliphatic heterocycles. The summed E-state index contributed by atoms with van der Waals surface area (Å²) in [6, 6.07) is 6.64. The first-order valence-corrected chi connectivity index (χ1v) is 8.01. The van der Waals surface area contributed by atoms with Gasteiger partial charge < -0.3 is 10.6 Å². The number of benzene rings is 1. The zero-order valence-corrected chi connectivity index (χ0v) is 12.7. The monoisotopic (exact) mass is 293 g/mol. The lowest BCUT2D eigenvalue weighted by Crippen LogP contribution is -2.58. The van der Waals surface area contributed by atoms with Crippen LogP contribution < -0.4 is 10.6 Å². The SMILES string of the molecule is CC1(C)CSCC2(CN=C(N)N2c2cccc(F)c2)C1. The molecule has 0 saturated carbocycles. The van der Waals surface area contributed by atoms with Crippen LogP contribution in [0.25, 0.3) is 0 Å². The second-order valence-electron chi connectivity index (χ2n) is 6.55. The van der Waals surface area contributed by atoms with Gasteiger partial charge in [-0.1, -0.05) is 19.9 Å². The lowest BCUT2D eigenvalue weighted by molar-refractivity contribution is 0.282. The highest BCUT2D eigenvalue weighted by molar-refractivity contribution is 7.99. The number of aliphatic imine (C=N–C) groups is 1. The Morgan fingerprint density at radius 2 is 2.15 bits per heavy atom. The first-order chi connectivity index (χ1) is 9.42. The van der Waals surface area contributed by atoms with Crippen molar-refractivity contribution >= 4 is 23.4 Å². The maximum absolute atomic E-state index is 13.5. The Balaban J connectivity index is 2.00. The molecule has 3 rings (SSSR count). The molecule has 0 radical (unpaired) electrons. The largest absolute Gasteiger partial charge is 0.369 e. The molecule has 1 saturated heterocycles. The van der Waals surface area contributed by atoms with Crippen LogP contribution in [0.3, 0.4) is 0 Å². The maximum atomic E-state index is 13.5. The van der Waals surface area contributed by atoms with Crippen LogP contribution in [-0.2, 0) is 0 Å². The fourth-order valence-electron chi connectivity index (χ4n) is 3.39. The molecule has 1 aromatic rings. The van der Waals surface area contributed by atoms with Crippen molar-refractivity contribution in [3.8, 4) is 0 Å². The van der Waals surface area contributed by atoms with Gasteiger partial charge in [-0.3, -0.25) is 4.99 Å². The molecule has 1 atom stereocenters. The number of nitrogens with two attached hydrogens (primary N) is 1. The van der Waals surface area contributed by atoms with Crippen molar-refractivity contribution < 1.29 is 4.39 Å². The smallest absolute Gasteiger partial charge is 0.196 e. The molecular weight excluding hydrogens is 273 g/mol. The van der Waals surface area contributed by atoms with Gasteiger partial charge in [0, 0.05) is 11.4 Å². The standard InChI is InChI=1S/C15H20FN3S/c1-14(2)7-15(10-20-9-14)8-18-13(17)19(15)12-5-3-4-11(16)6-12/h3-6H,7-10H2,1-2H3,(H2,17,18). The van der Waals surface area contributed by atoms with Crippen LogP contribution in [0.1, 0.15) is 20.3 Å². The summed E-state index contributed by atoms with van der Waals surface area (Å²) in [7, 11) is 0. The van der Waals surface area contributed by atoms with Crippen molar-refractivity contribution in [2.45, 2.75) is 25.8 Å². The molecule has 2 N–H and O–H groups in total. The average molecular weight is 293 g/mol. The Kier molecular flexibility index (Phi) is 3.20. The van der Waals surface area contributed by atoms with Crippen LogP contribution in [0.2, 0.25) is 0 Å². The van der Waals surface area contributed by atoms with Crippen LogP contribution >= 0.6 is 11.8 Å². The van der Waals surface area contributed by atoms with Crippen molar-refractivity contribution in [1.29, 1.82) is 0 Å². The van der Waals surface area contributed by atoms with Crippen LogP contribution in [-0.4, -0.2) is 29.5 Å². The molecule has 3 nitrogen and oxygen atoms in total. The van der Waals surface area contributed by atoms with E-state index in [2.05, 4.69) is 18.8 Å². The highest BCUT2D eigenvalue weighted by atomic mass is 32.2. The van der Waals surface area contributed by atoms with Gasteiger partial charge in [0.2, 0.25) is 0 Å². The van der Waals surface area contributed by atoms with Crippen molar-refractivity contribution in [2.24, 2.45) is 16.1 Å². The molecule has 2 heterocycles. The highest BCUT2D eigenvalue weighted by Crippen LogP contribution is 2.45. The minimum Gasteiger partial charge on any atom is -0.369 e.